The molecule has 7 heteroatoms. The van der Waals surface area contributed by atoms with Crippen molar-refractivity contribution in [2.45, 2.75) is 39.5 Å². The highest BCUT2D eigenvalue weighted by Gasteiger charge is 2.20. The SMILES string of the molecule is C=C(Nc1ccc(-c2cnc3c(c2)NC(=O)CN3)c2ccccc12)N(N)c1cc(C(C)(C)C)ccc1CC. The predicted octanol–water partition coefficient (Wildman–Crippen LogP) is 6.39. The topological polar surface area (TPSA) is 95.3 Å². The molecule has 0 saturated carbocycles. The number of anilines is 4. The van der Waals surface area contributed by atoms with Gasteiger partial charge in [0.25, 0.3) is 0 Å². The number of aromatic nitrogens is 1. The van der Waals surface area contributed by atoms with Gasteiger partial charge in [0, 0.05) is 22.8 Å². The van der Waals surface area contributed by atoms with Crippen LogP contribution in [0.25, 0.3) is 21.9 Å². The van der Waals surface area contributed by atoms with E-state index < -0.39 is 0 Å². The van der Waals surface area contributed by atoms with E-state index in [2.05, 4.69) is 91.6 Å². The molecule has 7 nitrogen and oxygen atoms in total. The normalized spacial score (nSPS) is 12.9. The zero-order valence-corrected chi connectivity index (χ0v) is 22.4. The molecule has 1 aliphatic heterocycles. The summed E-state index contributed by atoms with van der Waals surface area (Å²) >= 11 is 0. The second-order valence-electron chi connectivity index (χ2n) is 10.6. The smallest absolute Gasteiger partial charge is 0.243 e. The third-order valence-electron chi connectivity index (χ3n) is 6.97. The molecule has 1 amide bonds. The van der Waals surface area contributed by atoms with E-state index in [1.165, 1.54) is 5.56 Å². The van der Waals surface area contributed by atoms with E-state index in [1.54, 1.807) is 5.01 Å². The first-order valence-electron chi connectivity index (χ1n) is 12.9. The number of hydrogen-bond donors (Lipinski definition) is 4. The zero-order valence-electron chi connectivity index (χ0n) is 22.4. The van der Waals surface area contributed by atoms with Gasteiger partial charge in [-0.05, 0) is 52.1 Å². The summed E-state index contributed by atoms with van der Waals surface area (Å²) in [7, 11) is 0. The lowest BCUT2D eigenvalue weighted by atomic mass is 9.86. The minimum Gasteiger partial charge on any atom is -0.359 e. The first-order chi connectivity index (χ1) is 18.2. The fourth-order valence-electron chi connectivity index (χ4n) is 4.78. The van der Waals surface area contributed by atoms with Crippen molar-refractivity contribution in [3.63, 3.8) is 0 Å². The Kier molecular flexibility index (Phi) is 6.55. The van der Waals surface area contributed by atoms with Crippen LogP contribution < -0.4 is 26.8 Å². The van der Waals surface area contributed by atoms with Gasteiger partial charge in [0.05, 0.1) is 17.9 Å². The van der Waals surface area contributed by atoms with E-state index >= 15 is 0 Å². The molecule has 0 saturated heterocycles. The highest BCUT2D eigenvalue weighted by atomic mass is 16.2. The third kappa shape index (κ3) is 4.80. The number of rotatable bonds is 6. The highest BCUT2D eigenvalue weighted by Crippen LogP contribution is 2.37. The van der Waals surface area contributed by atoms with Crippen molar-refractivity contribution in [2.24, 2.45) is 5.84 Å². The second-order valence-corrected chi connectivity index (χ2v) is 10.6. The largest absolute Gasteiger partial charge is 0.359 e. The maximum atomic E-state index is 11.9. The first kappa shape index (κ1) is 25.3. The van der Waals surface area contributed by atoms with Crippen molar-refractivity contribution in [3.8, 4) is 11.1 Å². The number of aryl methyl sites for hydroxylation is 1. The molecule has 0 aliphatic carbocycles. The van der Waals surface area contributed by atoms with Crippen molar-refractivity contribution in [3.05, 3.63) is 90.4 Å². The Balaban J connectivity index is 1.48. The molecule has 2 heterocycles. The third-order valence-corrected chi connectivity index (χ3v) is 6.97. The summed E-state index contributed by atoms with van der Waals surface area (Å²) in [6, 6.07) is 20.7. The summed E-state index contributed by atoms with van der Waals surface area (Å²) < 4.78 is 0. The van der Waals surface area contributed by atoms with E-state index in [1.807, 2.05) is 30.5 Å². The van der Waals surface area contributed by atoms with Gasteiger partial charge in [0.2, 0.25) is 5.91 Å². The van der Waals surface area contributed by atoms with Crippen LogP contribution in [-0.4, -0.2) is 17.4 Å². The number of amides is 1. The maximum absolute atomic E-state index is 11.9. The lowest BCUT2D eigenvalue weighted by Gasteiger charge is -2.28. The van der Waals surface area contributed by atoms with Crippen LogP contribution in [0.4, 0.5) is 22.9 Å². The summed E-state index contributed by atoms with van der Waals surface area (Å²) in [5, 5.41) is 13.1. The van der Waals surface area contributed by atoms with Crippen molar-refractivity contribution in [1.82, 2.24) is 4.98 Å². The number of hydrazine groups is 1. The quantitative estimate of drug-likeness (QED) is 0.179. The number of nitrogens with zero attached hydrogens (tertiary/aromatic N) is 2. The zero-order chi connectivity index (χ0) is 27.0. The average molecular weight is 507 g/mol. The van der Waals surface area contributed by atoms with Gasteiger partial charge in [-0.1, -0.05) is 76.7 Å². The molecule has 0 unspecified atom stereocenters. The van der Waals surface area contributed by atoms with Gasteiger partial charge in [-0.3, -0.25) is 9.80 Å². The standard InChI is InChI=1S/C31H34N6O/c1-6-20-11-12-22(31(3,4)5)16-28(20)37(32)19(2)35-26-14-13-23(24-9-7-8-10-25(24)26)21-15-27-30(33-17-21)34-18-29(38)36-27/h7-17,35H,2,6,18,32H2,1,3-5H3,(H,33,34)(H,36,38). The van der Waals surface area contributed by atoms with Crippen molar-refractivity contribution in [1.29, 1.82) is 0 Å². The Morgan fingerprint density at radius 2 is 1.87 bits per heavy atom. The molecule has 0 spiro atoms. The lowest BCUT2D eigenvalue weighted by Crippen LogP contribution is -2.34. The Morgan fingerprint density at radius 3 is 2.61 bits per heavy atom. The number of pyridine rings is 1. The molecule has 4 aromatic rings. The number of nitrogens with one attached hydrogen (secondary N) is 3. The molecule has 3 aromatic carbocycles. The molecule has 1 aromatic heterocycles. The van der Waals surface area contributed by atoms with Crippen LogP contribution in [0.5, 0.6) is 0 Å². The molecule has 0 atom stereocenters. The molecule has 5 N–H and O–H groups in total. The van der Waals surface area contributed by atoms with Crippen LogP contribution in [0.1, 0.15) is 38.8 Å². The van der Waals surface area contributed by atoms with E-state index in [0.29, 0.717) is 17.3 Å². The summed E-state index contributed by atoms with van der Waals surface area (Å²) in [5.41, 5.74) is 6.83. The molecule has 0 radical (unpaired) electrons. The van der Waals surface area contributed by atoms with Gasteiger partial charge in [0.1, 0.15) is 11.6 Å². The van der Waals surface area contributed by atoms with Crippen LogP contribution >= 0.6 is 0 Å². The Bertz CT molecular complexity index is 1550. The summed E-state index contributed by atoms with van der Waals surface area (Å²) in [5.74, 6) is 7.81. The fraction of sp³-hybridized carbons (Fsp3) is 0.226. The second kappa shape index (κ2) is 9.84. The Hall–Kier alpha value is -4.36. The minimum atomic E-state index is -0.0787. The van der Waals surface area contributed by atoms with E-state index in [9.17, 15) is 4.79 Å². The Labute approximate surface area is 223 Å². The van der Waals surface area contributed by atoms with E-state index in [0.717, 1.165) is 45.3 Å². The summed E-state index contributed by atoms with van der Waals surface area (Å²) in [6.07, 6.45) is 2.69. The molecular formula is C31H34N6O. The number of nitrogens with two attached hydrogens (primary N) is 1. The van der Waals surface area contributed by atoms with Crippen LogP contribution in [0.15, 0.2) is 79.3 Å². The summed E-state index contributed by atoms with van der Waals surface area (Å²) in [4.78, 5) is 16.4. The van der Waals surface area contributed by atoms with E-state index in [-0.39, 0.29) is 17.9 Å². The predicted molar refractivity (Wildman–Crippen MR) is 158 cm³/mol. The van der Waals surface area contributed by atoms with Gasteiger partial charge >= 0.3 is 0 Å². The van der Waals surface area contributed by atoms with Gasteiger partial charge in [-0.2, -0.15) is 0 Å². The summed E-state index contributed by atoms with van der Waals surface area (Å²) in [6.45, 7) is 13.2. The molecule has 0 fully saturated rings. The molecular weight excluding hydrogens is 472 g/mol. The number of carbonyl (C=O) groups is 1. The van der Waals surface area contributed by atoms with Gasteiger partial charge in [0.15, 0.2) is 0 Å². The monoisotopic (exact) mass is 506 g/mol. The maximum Gasteiger partial charge on any atom is 0.243 e. The van der Waals surface area contributed by atoms with E-state index in [4.69, 9.17) is 5.84 Å². The molecule has 1 aliphatic rings. The molecule has 0 bridgehead atoms. The first-order valence-corrected chi connectivity index (χ1v) is 12.9. The molecule has 5 rings (SSSR count). The Morgan fingerprint density at radius 1 is 1.11 bits per heavy atom. The minimum absolute atomic E-state index is 0.00701. The van der Waals surface area contributed by atoms with Crippen LogP contribution in [0.2, 0.25) is 0 Å². The van der Waals surface area contributed by atoms with Gasteiger partial charge in [-0.15, -0.1) is 0 Å². The van der Waals surface area contributed by atoms with Crippen molar-refractivity contribution < 1.29 is 4.79 Å². The molecule has 38 heavy (non-hydrogen) atoms. The average Bonchev–Trinajstić information content (AvgIpc) is 2.91. The number of carbonyl (C=O) groups excluding carboxylic acids is 1. The number of fused-ring (bicyclic) bond motifs is 2. The fourth-order valence-corrected chi connectivity index (χ4v) is 4.78. The number of benzene rings is 3. The lowest BCUT2D eigenvalue weighted by molar-refractivity contribution is -0.114. The molecule has 194 valence electrons. The highest BCUT2D eigenvalue weighted by molar-refractivity contribution is 6.05. The van der Waals surface area contributed by atoms with Gasteiger partial charge < -0.3 is 16.0 Å². The van der Waals surface area contributed by atoms with Crippen LogP contribution in [0.3, 0.4) is 0 Å². The number of hydrogen-bond acceptors (Lipinski definition) is 6. The van der Waals surface area contributed by atoms with Crippen LogP contribution in [0, 0.1) is 0 Å². The van der Waals surface area contributed by atoms with Gasteiger partial charge in [-0.25, -0.2) is 10.8 Å². The van der Waals surface area contributed by atoms with Crippen LogP contribution in [-0.2, 0) is 16.6 Å². The van der Waals surface area contributed by atoms with Crippen molar-refractivity contribution >= 4 is 39.6 Å². The van der Waals surface area contributed by atoms with Crippen molar-refractivity contribution in [2.75, 3.05) is 27.5 Å².